The Morgan fingerprint density at radius 1 is 1.35 bits per heavy atom. The Balaban J connectivity index is 1.70. The number of hydrogen-bond donors (Lipinski definition) is 2. The van der Waals surface area contributed by atoms with E-state index in [1.165, 1.54) is 18.5 Å². The molecule has 1 fully saturated rings. The van der Waals surface area contributed by atoms with Crippen LogP contribution in [0.15, 0.2) is 18.2 Å². The third-order valence-electron chi connectivity index (χ3n) is 4.82. The van der Waals surface area contributed by atoms with Crippen molar-refractivity contribution in [1.82, 2.24) is 15.3 Å². The first-order chi connectivity index (χ1) is 11.0. The first kappa shape index (κ1) is 16.0. The molecule has 2 N–H and O–H groups in total. The van der Waals surface area contributed by atoms with Gasteiger partial charge in [0.25, 0.3) is 5.91 Å². The van der Waals surface area contributed by atoms with E-state index in [-0.39, 0.29) is 5.91 Å². The third kappa shape index (κ3) is 3.75. The molecule has 1 amide bonds. The molecule has 0 aromatic carbocycles. The number of H-pyrrole nitrogens is 1. The van der Waals surface area contributed by atoms with Crippen LogP contribution in [0.5, 0.6) is 5.88 Å². The van der Waals surface area contributed by atoms with Gasteiger partial charge in [-0.1, -0.05) is 31.6 Å². The molecule has 0 aliphatic carbocycles. The van der Waals surface area contributed by atoms with Crippen LogP contribution in [-0.2, 0) is 0 Å². The maximum Gasteiger partial charge on any atom is 0.267 e. The van der Waals surface area contributed by atoms with Crippen molar-refractivity contribution in [3.05, 3.63) is 23.9 Å². The van der Waals surface area contributed by atoms with Gasteiger partial charge < -0.3 is 15.0 Å². The molecule has 1 aliphatic heterocycles. The summed E-state index contributed by atoms with van der Waals surface area (Å²) in [5.41, 5.74) is 1.26. The van der Waals surface area contributed by atoms with E-state index < -0.39 is 8.07 Å². The van der Waals surface area contributed by atoms with E-state index in [9.17, 15) is 4.79 Å². The Hall–Kier alpha value is -1.82. The highest BCUT2D eigenvalue weighted by Crippen LogP contribution is 2.27. The van der Waals surface area contributed by atoms with Gasteiger partial charge >= 0.3 is 0 Å². The Morgan fingerprint density at radius 2 is 2.17 bits per heavy atom. The molecule has 1 aliphatic rings. The molecule has 124 valence electrons. The summed E-state index contributed by atoms with van der Waals surface area (Å²) >= 11 is 0. The summed E-state index contributed by atoms with van der Waals surface area (Å²) in [7, 11) is 0.552. The van der Waals surface area contributed by atoms with E-state index in [0.29, 0.717) is 23.3 Å². The van der Waals surface area contributed by atoms with Gasteiger partial charge in [0.15, 0.2) is 0 Å². The molecule has 0 radical (unpaired) electrons. The minimum absolute atomic E-state index is 0.0339. The Labute approximate surface area is 137 Å². The quantitative estimate of drug-likeness (QED) is 0.845. The van der Waals surface area contributed by atoms with Crippen molar-refractivity contribution < 1.29 is 9.53 Å². The highest BCUT2D eigenvalue weighted by Gasteiger charge is 2.27. The monoisotopic (exact) mass is 331 g/mol. The Bertz CT molecular complexity index is 711. The van der Waals surface area contributed by atoms with Gasteiger partial charge in [-0.3, -0.25) is 4.79 Å². The molecule has 1 saturated heterocycles. The van der Waals surface area contributed by atoms with Crippen LogP contribution in [0.25, 0.3) is 11.0 Å². The number of ether oxygens (including phenoxy) is 1. The van der Waals surface area contributed by atoms with Crippen LogP contribution in [0.2, 0.25) is 25.2 Å². The topological polar surface area (TPSA) is 67.0 Å². The summed E-state index contributed by atoms with van der Waals surface area (Å²) in [5.74, 6) is 0.510. The van der Waals surface area contributed by atoms with E-state index in [1.807, 2.05) is 12.1 Å². The van der Waals surface area contributed by atoms with E-state index in [4.69, 9.17) is 4.74 Å². The number of pyridine rings is 1. The number of hydrogen-bond acceptors (Lipinski definition) is 3. The summed E-state index contributed by atoms with van der Waals surface area (Å²) < 4.78 is 5.12. The minimum atomic E-state index is -1.03. The van der Waals surface area contributed by atoms with Crippen molar-refractivity contribution in [3.8, 4) is 5.88 Å². The highest BCUT2D eigenvalue weighted by atomic mass is 28.3. The summed E-state index contributed by atoms with van der Waals surface area (Å²) in [5, 5.41) is 4.12. The van der Waals surface area contributed by atoms with Crippen molar-refractivity contribution >= 4 is 25.0 Å². The van der Waals surface area contributed by atoms with E-state index >= 15 is 0 Å². The number of nitrogens with one attached hydrogen (secondary N) is 2. The van der Waals surface area contributed by atoms with E-state index in [1.54, 1.807) is 13.2 Å². The summed E-state index contributed by atoms with van der Waals surface area (Å²) in [6.45, 7) is 4.90. The van der Waals surface area contributed by atoms with Gasteiger partial charge in [-0.05, 0) is 25.0 Å². The van der Waals surface area contributed by atoms with Gasteiger partial charge in [0.05, 0.1) is 7.11 Å². The summed E-state index contributed by atoms with van der Waals surface area (Å²) in [4.78, 5) is 19.9. The lowest BCUT2D eigenvalue weighted by Gasteiger charge is -2.19. The molecule has 1 atom stereocenters. The van der Waals surface area contributed by atoms with Crippen LogP contribution in [0.1, 0.15) is 29.8 Å². The molecule has 0 bridgehead atoms. The molecule has 6 heteroatoms. The molecule has 2 aromatic rings. The maximum atomic E-state index is 12.5. The van der Waals surface area contributed by atoms with Crippen molar-refractivity contribution in [2.24, 2.45) is 0 Å². The number of rotatable bonds is 3. The second-order valence-corrected chi connectivity index (χ2v) is 12.6. The zero-order valence-electron chi connectivity index (χ0n) is 14.1. The largest absolute Gasteiger partial charge is 0.481 e. The zero-order valence-corrected chi connectivity index (χ0v) is 15.1. The van der Waals surface area contributed by atoms with Gasteiger partial charge in [0.2, 0.25) is 5.88 Å². The number of methoxy groups -OCH3 is 1. The summed E-state index contributed by atoms with van der Waals surface area (Å²) in [6, 6.07) is 8.53. The number of carbonyl (C=O) groups excluding carboxylic acids is 1. The van der Waals surface area contributed by atoms with Crippen LogP contribution in [0.3, 0.4) is 0 Å². The SMILES string of the molecule is COc1ccc2cc(C(=O)N[C@H]3CCC[Si](C)(C)CC3)[nH]c2n1. The number of fused-ring (bicyclic) bond motifs is 1. The van der Waals surface area contributed by atoms with Gasteiger partial charge in [0, 0.05) is 25.6 Å². The van der Waals surface area contributed by atoms with Crippen molar-refractivity contribution in [2.75, 3.05) is 7.11 Å². The lowest BCUT2D eigenvalue weighted by Crippen LogP contribution is -2.35. The smallest absolute Gasteiger partial charge is 0.267 e. The van der Waals surface area contributed by atoms with Crippen molar-refractivity contribution in [2.45, 2.75) is 50.5 Å². The molecule has 0 spiro atoms. The molecule has 5 nitrogen and oxygen atoms in total. The van der Waals surface area contributed by atoms with Crippen LogP contribution >= 0.6 is 0 Å². The molecule has 0 unspecified atom stereocenters. The second kappa shape index (κ2) is 6.35. The zero-order chi connectivity index (χ0) is 16.4. The number of aromatic nitrogens is 2. The fourth-order valence-electron chi connectivity index (χ4n) is 3.29. The van der Waals surface area contributed by atoms with Crippen molar-refractivity contribution in [3.63, 3.8) is 0 Å². The first-order valence-corrected chi connectivity index (χ1v) is 11.7. The second-order valence-electron chi connectivity index (χ2n) is 7.24. The van der Waals surface area contributed by atoms with E-state index in [2.05, 4.69) is 28.4 Å². The lowest BCUT2D eigenvalue weighted by atomic mass is 10.1. The first-order valence-electron chi connectivity index (χ1n) is 8.31. The molecule has 23 heavy (non-hydrogen) atoms. The molecular formula is C17H25N3O2Si. The third-order valence-corrected chi connectivity index (χ3v) is 8.17. The average Bonchev–Trinajstić information content (AvgIpc) is 2.87. The number of nitrogens with zero attached hydrogens (tertiary/aromatic N) is 1. The van der Waals surface area contributed by atoms with Crippen LogP contribution in [0.4, 0.5) is 0 Å². The standard InChI is InChI=1S/C17H25N3O2Si/c1-22-15-7-6-12-11-14(19-16(12)20-15)17(21)18-13-5-4-9-23(2,3)10-8-13/h6-7,11,13H,4-5,8-10H2,1-3H3,(H,18,21)(H,19,20)/t13-/m0/s1. The fourth-order valence-corrected chi connectivity index (χ4v) is 5.83. The average molecular weight is 331 g/mol. The molecule has 3 heterocycles. The van der Waals surface area contributed by atoms with Gasteiger partial charge in [-0.25, -0.2) is 0 Å². The Morgan fingerprint density at radius 3 is 2.96 bits per heavy atom. The number of aromatic amines is 1. The van der Waals surface area contributed by atoms with Gasteiger partial charge in [-0.2, -0.15) is 4.98 Å². The summed E-state index contributed by atoms with van der Waals surface area (Å²) in [6.07, 6.45) is 3.43. The normalized spacial score (nSPS) is 20.9. The molecule has 2 aromatic heterocycles. The Kier molecular flexibility index (Phi) is 4.43. The molecule has 0 saturated carbocycles. The van der Waals surface area contributed by atoms with Crippen LogP contribution in [0, 0.1) is 0 Å². The van der Waals surface area contributed by atoms with Gasteiger partial charge in [-0.15, -0.1) is 0 Å². The van der Waals surface area contributed by atoms with Crippen LogP contribution in [-0.4, -0.2) is 37.1 Å². The lowest BCUT2D eigenvalue weighted by molar-refractivity contribution is 0.0930. The van der Waals surface area contributed by atoms with Crippen LogP contribution < -0.4 is 10.1 Å². The van der Waals surface area contributed by atoms with Gasteiger partial charge in [0.1, 0.15) is 11.3 Å². The highest BCUT2D eigenvalue weighted by molar-refractivity contribution is 6.77. The maximum absolute atomic E-state index is 12.5. The number of carbonyl (C=O) groups is 1. The predicted octanol–water partition coefficient (Wildman–Crippen LogP) is 3.56. The minimum Gasteiger partial charge on any atom is -0.481 e. The molecular weight excluding hydrogens is 306 g/mol. The predicted molar refractivity (Wildman–Crippen MR) is 94.8 cm³/mol. The fraction of sp³-hybridized carbons (Fsp3) is 0.529. The molecule has 3 rings (SSSR count). The van der Waals surface area contributed by atoms with E-state index in [0.717, 1.165) is 18.2 Å². The number of amides is 1. The van der Waals surface area contributed by atoms with Crippen molar-refractivity contribution in [1.29, 1.82) is 0 Å².